The summed E-state index contributed by atoms with van der Waals surface area (Å²) >= 11 is 0. The predicted octanol–water partition coefficient (Wildman–Crippen LogP) is 5.54. The van der Waals surface area contributed by atoms with Gasteiger partial charge in [-0.2, -0.15) is 0 Å². The van der Waals surface area contributed by atoms with Gasteiger partial charge in [0.15, 0.2) is 12.2 Å². The van der Waals surface area contributed by atoms with Gasteiger partial charge < -0.3 is 25.1 Å². The van der Waals surface area contributed by atoms with E-state index in [1.807, 2.05) is 0 Å². The fourth-order valence-corrected chi connectivity index (χ4v) is 4.66. The van der Waals surface area contributed by atoms with E-state index in [1.54, 1.807) is 30.5 Å². The third-order valence-electron chi connectivity index (χ3n) is 6.62. The van der Waals surface area contributed by atoms with Crippen LogP contribution >= 0.6 is 0 Å². The molecule has 0 saturated heterocycles. The fourth-order valence-electron chi connectivity index (χ4n) is 4.66. The Bertz CT molecular complexity index is 1190. The average molecular weight is 545 g/mol. The Balaban J connectivity index is 1.30. The Morgan fingerprint density at radius 1 is 1.00 bits per heavy atom. The molecule has 1 saturated carbocycles. The van der Waals surface area contributed by atoms with Gasteiger partial charge in [0.05, 0.1) is 6.20 Å². The Kier molecular flexibility index (Phi) is 9.45. The van der Waals surface area contributed by atoms with Crippen molar-refractivity contribution >= 4 is 17.5 Å². The second-order valence-corrected chi connectivity index (χ2v) is 9.50. The number of amides is 2. The van der Waals surface area contributed by atoms with Crippen LogP contribution in [0.5, 0.6) is 5.75 Å². The van der Waals surface area contributed by atoms with Crippen molar-refractivity contribution in [1.82, 2.24) is 15.6 Å². The molecule has 1 heterocycles. The summed E-state index contributed by atoms with van der Waals surface area (Å²) in [4.78, 5) is 30.0. The summed E-state index contributed by atoms with van der Waals surface area (Å²) in [6.07, 6.45) is 4.22. The molecule has 2 aromatic carbocycles. The summed E-state index contributed by atoms with van der Waals surface area (Å²) in [5, 5.41) is 8.81. The number of anilines is 1. The van der Waals surface area contributed by atoms with E-state index in [2.05, 4.69) is 25.7 Å². The zero-order chi connectivity index (χ0) is 27.7. The Labute approximate surface area is 224 Å². The van der Waals surface area contributed by atoms with E-state index in [0.717, 1.165) is 31.2 Å². The van der Waals surface area contributed by atoms with Crippen molar-refractivity contribution in [3.8, 4) is 17.1 Å². The van der Waals surface area contributed by atoms with Gasteiger partial charge in [0, 0.05) is 29.9 Å². The third-order valence-corrected chi connectivity index (χ3v) is 6.62. The molecule has 4 rings (SSSR count). The van der Waals surface area contributed by atoms with E-state index >= 15 is 0 Å². The number of carbonyl (C=O) groups is 2. The summed E-state index contributed by atoms with van der Waals surface area (Å²) in [5.74, 6) is 0.0300. The number of ether oxygens (including phenoxy) is 1. The summed E-state index contributed by atoms with van der Waals surface area (Å²) in [5.41, 5.74) is 1.80. The second kappa shape index (κ2) is 13.2. The molecule has 0 radical (unpaired) electrons. The number of hydrogen-bond donors (Lipinski definition) is 3. The van der Waals surface area contributed by atoms with Crippen LogP contribution in [0.4, 0.5) is 18.9 Å². The molecule has 1 fully saturated rings. The summed E-state index contributed by atoms with van der Waals surface area (Å²) in [7, 11) is 0. The number of nitrogens with one attached hydrogen (secondary N) is 3. The summed E-state index contributed by atoms with van der Waals surface area (Å²) in [6.45, 7) is 0.612. The smallest absolute Gasteiger partial charge is 0.444 e. The quantitative estimate of drug-likeness (QED) is 0.274. The second-order valence-electron chi connectivity index (χ2n) is 9.50. The average Bonchev–Trinajstić information content (AvgIpc) is 3.46. The SMILES string of the molecule is O=C(N[C@@H](CC1CCCCC1)C(=O)NCCNc1ccc(OC(F)(F)F)cc1)c1ccc(-c2cnco2)cc1. The molecule has 1 aliphatic rings. The van der Waals surface area contributed by atoms with Crippen LogP contribution in [-0.4, -0.2) is 42.3 Å². The Morgan fingerprint density at radius 3 is 2.36 bits per heavy atom. The van der Waals surface area contributed by atoms with Crippen LogP contribution in [0.15, 0.2) is 65.5 Å². The van der Waals surface area contributed by atoms with Crippen LogP contribution in [0.2, 0.25) is 0 Å². The van der Waals surface area contributed by atoms with Crippen LogP contribution in [0, 0.1) is 5.92 Å². The molecule has 0 bridgehead atoms. The maximum absolute atomic E-state index is 13.1. The summed E-state index contributed by atoms with van der Waals surface area (Å²) in [6, 6.07) is 11.5. The van der Waals surface area contributed by atoms with Crippen LogP contribution in [0.3, 0.4) is 0 Å². The van der Waals surface area contributed by atoms with Gasteiger partial charge >= 0.3 is 6.36 Å². The first-order valence-corrected chi connectivity index (χ1v) is 12.9. The first kappa shape index (κ1) is 28.0. The molecule has 8 nitrogen and oxygen atoms in total. The van der Waals surface area contributed by atoms with Gasteiger partial charge in [-0.3, -0.25) is 9.59 Å². The predicted molar refractivity (Wildman–Crippen MR) is 139 cm³/mol. The highest BCUT2D eigenvalue weighted by atomic mass is 19.4. The van der Waals surface area contributed by atoms with E-state index < -0.39 is 12.4 Å². The van der Waals surface area contributed by atoms with E-state index in [-0.39, 0.29) is 24.1 Å². The highest BCUT2D eigenvalue weighted by Gasteiger charge is 2.31. The van der Waals surface area contributed by atoms with E-state index in [4.69, 9.17) is 4.42 Å². The molecule has 208 valence electrons. The number of halogens is 3. The molecule has 1 aromatic heterocycles. The Hall–Kier alpha value is -4.02. The van der Waals surface area contributed by atoms with Crippen molar-refractivity contribution in [1.29, 1.82) is 0 Å². The topological polar surface area (TPSA) is 105 Å². The zero-order valence-electron chi connectivity index (χ0n) is 21.3. The van der Waals surface area contributed by atoms with E-state index in [1.165, 1.54) is 37.1 Å². The molecule has 3 aromatic rings. The standard InChI is InChI=1S/C28H31F3N4O4/c29-28(30,31)39-23-12-10-22(11-13-23)33-14-15-34-27(37)24(16-19-4-2-1-3-5-19)35-26(36)21-8-6-20(7-9-21)25-17-32-18-38-25/h6-13,17-19,24,33H,1-5,14-16H2,(H,34,37)(H,35,36)/t24-/m0/s1. The number of aromatic nitrogens is 1. The van der Waals surface area contributed by atoms with E-state index in [9.17, 15) is 22.8 Å². The zero-order valence-corrected chi connectivity index (χ0v) is 21.3. The van der Waals surface area contributed by atoms with Gasteiger partial charge in [0.2, 0.25) is 5.91 Å². The number of carbonyl (C=O) groups excluding carboxylic acids is 2. The normalized spacial score (nSPS) is 14.8. The number of rotatable bonds is 11. The van der Waals surface area contributed by atoms with Crippen molar-refractivity contribution < 1.29 is 31.9 Å². The van der Waals surface area contributed by atoms with E-state index in [0.29, 0.717) is 35.9 Å². The largest absolute Gasteiger partial charge is 0.573 e. The lowest BCUT2D eigenvalue weighted by Gasteiger charge is -2.26. The van der Waals surface area contributed by atoms with Crippen molar-refractivity contribution in [3.05, 3.63) is 66.7 Å². The van der Waals surface area contributed by atoms with Crippen molar-refractivity contribution in [2.24, 2.45) is 5.92 Å². The number of benzene rings is 2. The van der Waals surface area contributed by atoms with Crippen molar-refractivity contribution in [3.63, 3.8) is 0 Å². The highest BCUT2D eigenvalue weighted by Crippen LogP contribution is 2.28. The van der Waals surface area contributed by atoms with Gasteiger partial charge in [-0.1, -0.05) is 44.2 Å². The number of alkyl halides is 3. The van der Waals surface area contributed by atoms with Gasteiger partial charge in [-0.15, -0.1) is 13.2 Å². The van der Waals surface area contributed by atoms with Crippen LogP contribution < -0.4 is 20.7 Å². The maximum Gasteiger partial charge on any atom is 0.573 e. The molecule has 11 heteroatoms. The molecule has 1 aliphatic carbocycles. The number of oxazole rings is 1. The minimum absolute atomic E-state index is 0.266. The highest BCUT2D eigenvalue weighted by molar-refractivity contribution is 5.97. The fraction of sp³-hybridized carbons (Fsp3) is 0.393. The van der Waals surface area contributed by atoms with Crippen molar-refractivity contribution in [2.45, 2.75) is 50.9 Å². The summed E-state index contributed by atoms with van der Waals surface area (Å²) < 4.78 is 46.1. The lowest BCUT2D eigenvalue weighted by atomic mass is 9.84. The monoisotopic (exact) mass is 544 g/mol. The molecule has 2 amide bonds. The maximum atomic E-state index is 13.1. The number of hydrogen-bond acceptors (Lipinski definition) is 6. The molecule has 0 aliphatic heterocycles. The molecule has 1 atom stereocenters. The minimum atomic E-state index is -4.75. The van der Waals surface area contributed by atoms with Gasteiger partial charge in [0.1, 0.15) is 11.8 Å². The Morgan fingerprint density at radius 2 is 1.72 bits per heavy atom. The molecule has 39 heavy (non-hydrogen) atoms. The lowest BCUT2D eigenvalue weighted by molar-refractivity contribution is -0.274. The molecule has 0 spiro atoms. The third kappa shape index (κ3) is 8.76. The lowest BCUT2D eigenvalue weighted by Crippen LogP contribution is -2.48. The van der Waals surface area contributed by atoms with Gasteiger partial charge in [-0.25, -0.2) is 4.98 Å². The number of nitrogens with zero attached hydrogens (tertiary/aromatic N) is 1. The molecule has 3 N–H and O–H groups in total. The minimum Gasteiger partial charge on any atom is -0.444 e. The first-order chi connectivity index (χ1) is 18.8. The van der Waals surface area contributed by atoms with Crippen molar-refractivity contribution in [2.75, 3.05) is 18.4 Å². The first-order valence-electron chi connectivity index (χ1n) is 12.9. The van der Waals surface area contributed by atoms with Gasteiger partial charge in [0.25, 0.3) is 5.91 Å². The van der Waals surface area contributed by atoms with Crippen LogP contribution in [0.25, 0.3) is 11.3 Å². The molecule has 0 unspecified atom stereocenters. The molecular formula is C28H31F3N4O4. The molecular weight excluding hydrogens is 513 g/mol. The van der Waals surface area contributed by atoms with Gasteiger partial charge in [-0.05, 0) is 48.7 Å². The van der Waals surface area contributed by atoms with Crippen LogP contribution in [0.1, 0.15) is 48.9 Å². The van der Waals surface area contributed by atoms with Crippen LogP contribution in [-0.2, 0) is 4.79 Å².